The molecule has 2 heterocycles. The van der Waals surface area contributed by atoms with Crippen LogP contribution in [0.1, 0.15) is 54.7 Å². The first-order valence-corrected chi connectivity index (χ1v) is 12.1. The molecule has 1 atom stereocenters. The van der Waals surface area contributed by atoms with Gasteiger partial charge in [0.05, 0.1) is 38.1 Å². The number of unbranched alkanes of at least 4 members (excludes halogenated alkanes) is 2. The lowest BCUT2D eigenvalue weighted by Gasteiger charge is -2.25. The van der Waals surface area contributed by atoms with Crippen LogP contribution in [-0.2, 0) is 16.1 Å². The van der Waals surface area contributed by atoms with Crippen LogP contribution in [0.4, 0.5) is 0 Å². The van der Waals surface area contributed by atoms with Crippen molar-refractivity contribution < 1.29 is 28.6 Å². The van der Waals surface area contributed by atoms with E-state index in [1.54, 1.807) is 49.6 Å². The number of likely N-dealkylation sites (tertiary alicyclic amines) is 1. The summed E-state index contributed by atoms with van der Waals surface area (Å²) in [6.07, 6.45) is 4.61. The van der Waals surface area contributed by atoms with Crippen molar-refractivity contribution in [3.63, 3.8) is 0 Å². The van der Waals surface area contributed by atoms with E-state index in [0.717, 1.165) is 24.8 Å². The van der Waals surface area contributed by atoms with Crippen LogP contribution >= 0.6 is 0 Å². The number of ether oxygens (including phenoxy) is 2. The van der Waals surface area contributed by atoms with Crippen LogP contribution in [0.3, 0.4) is 0 Å². The fraction of sp³-hybridized carbons (Fsp3) is 0.310. The van der Waals surface area contributed by atoms with E-state index in [1.807, 2.05) is 19.1 Å². The summed E-state index contributed by atoms with van der Waals surface area (Å²) in [6, 6.07) is 15.1. The van der Waals surface area contributed by atoms with Gasteiger partial charge in [0.15, 0.2) is 11.5 Å². The number of hydrogen-bond acceptors (Lipinski definition) is 6. The SMILES string of the molecule is CCCCCOc1ccc(C2C(=C(O)c3ccc(C)cc3)C(=O)C(=O)N2Cc2ccco2)cc1OC. The Morgan fingerprint density at radius 2 is 1.83 bits per heavy atom. The predicted octanol–water partition coefficient (Wildman–Crippen LogP) is 5.79. The molecule has 1 amide bonds. The lowest BCUT2D eigenvalue weighted by molar-refractivity contribution is -0.140. The van der Waals surface area contributed by atoms with E-state index in [0.29, 0.717) is 35.0 Å². The van der Waals surface area contributed by atoms with Crippen molar-refractivity contribution in [1.82, 2.24) is 4.90 Å². The number of amides is 1. The molecule has 1 aliphatic rings. The standard InChI is InChI=1S/C29H31NO6/c1-4-5-6-15-36-23-14-13-21(17-24(23)34-3)26-25(27(31)20-11-9-19(2)10-12-20)28(32)29(33)30(26)18-22-8-7-16-35-22/h7-14,16-17,26,31H,4-6,15,18H2,1-3H3. The average Bonchev–Trinajstić information content (AvgIpc) is 3.49. The molecule has 0 aliphatic carbocycles. The van der Waals surface area contributed by atoms with E-state index in [9.17, 15) is 14.7 Å². The van der Waals surface area contributed by atoms with Crippen LogP contribution in [0.15, 0.2) is 70.9 Å². The fourth-order valence-electron chi connectivity index (χ4n) is 4.33. The molecule has 1 saturated heterocycles. The molecule has 2 aromatic carbocycles. The van der Waals surface area contributed by atoms with Crippen molar-refractivity contribution in [2.24, 2.45) is 0 Å². The summed E-state index contributed by atoms with van der Waals surface area (Å²) in [7, 11) is 1.55. The summed E-state index contributed by atoms with van der Waals surface area (Å²) in [5.74, 6) is -0.0755. The van der Waals surface area contributed by atoms with Crippen molar-refractivity contribution >= 4 is 17.4 Å². The van der Waals surface area contributed by atoms with Gasteiger partial charge in [-0.05, 0) is 43.2 Å². The zero-order valence-electron chi connectivity index (χ0n) is 20.8. The molecule has 1 fully saturated rings. The van der Waals surface area contributed by atoms with Gasteiger partial charge in [-0.15, -0.1) is 0 Å². The minimum absolute atomic E-state index is 0.0223. The predicted molar refractivity (Wildman–Crippen MR) is 136 cm³/mol. The Bertz CT molecular complexity index is 1240. The number of furan rings is 1. The van der Waals surface area contributed by atoms with E-state index in [1.165, 1.54) is 11.2 Å². The molecule has 3 aromatic rings. The summed E-state index contributed by atoms with van der Waals surface area (Å²) < 4.78 is 16.9. The molecule has 7 nitrogen and oxygen atoms in total. The van der Waals surface area contributed by atoms with Gasteiger partial charge in [0, 0.05) is 5.56 Å². The van der Waals surface area contributed by atoms with Gasteiger partial charge in [0.2, 0.25) is 0 Å². The van der Waals surface area contributed by atoms with Crippen molar-refractivity contribution in [1.29, 1.82) is 0 Å². The Labute approximate surface area is 210 Å². The van der Waals surface area contributed by atoms with E-state index < -0.39 is 17.7 Å². The van der Waals surface area contributed by atoms with Gasteiger partial charge in [-0.3, -0.25) is 9.59 Å². The molecule has 188 valence electrons. The second-order valence-corrected chi connectivity index (χ2v) is 8.84. The first-order valence-electron chi connectivity index (χ1n) is 12.1. The molecule has 1 unspecified atom stereocenters. The number of Topliss-reactive ketones (excluding diaryl/α,β-unsaturated/α-hetero) is 1. The first kappa shape index (κ1) is 25.1. The normalized spacial score (nSPS) is 17.0. The van der Waals surface area contributed by atoms with Crippen LogP contribution in [0.2, 0.25) is 0 Å². The van der Waals surface area contributed by atoms with Gasteiger partial charge in [0.25, 0.3) is 11.7 Å². The largest absolute Gasteiger partial charge is 0.507 e. The van der Waals surface area contributed by atoms with Crippen molar-refractivity contribution in [3.05, 3.63) is 88.9 Å². The Morgan fingerprint density at radius 1 is 1.06 bits per heavy atom. The third kappa shape index (κ3) is 5.15. The van der Waals surface area contributed by atoms with Gasteiger partial charge in [0.1, 0.15) is 11.5 Å². The zero-order chi connectivity index (χ0) is 25.7. The number of aryl methyl sites for hydroxylation is 1. The number of aliphatic hydroxyl groups is 1. The summed E-state index contributed by atoms with van der Waals surface area (Å²) in [5, 5.41) is 11.2. The molecule has 0 radical (unpaired) electrons. The van der Waals surface area contributed by atoms with Crippen LogP contribution in [0.5, 0.6) is 11.5 Å². The Kier molecular flexibility index (Phi) is 7.78. The lowest BCUT2D eigenvalue weighted by atomic mass is 9.94. The molecular formula is C29H31NO6. The number of methoxy groups -OCH3 is 1. The highest BCUT2D eigenvalue weighted by molar-refractivity contribution is 6.46. The van der Waals surface area contributed by atoms with Gasteiger partial charge in [-0.25, -0.2) is 0 Å². The molecule has 1 N–H and O–H groups in total. The van der Waals surface area contributed by atoms with E-state index in [-0.39, 0.29) is 17.9 Å². The number of carbonyl (C=O) groups excluding carboxylic acids is 2. The van der Waals surface area contributed by atoms with E-state index in [2.05, 4.69) is 6.92 Å². The van der Waals surface area contributed by atoms with Gasteiger partial charge < -0.3 is 23.9 Å². The topological polar surface area (TPSA) is 89.2 Å². The van der Waals surface area contributed by atoms with E-state index >= 15 is 0 Å². The van der Waals surface area contributed by atoms with Gasteiger partial charge in [-0.1, -0.05) is 55.7 Å². The minimum atomic E-state index is -0.834. The molecule has 1 aliphatic heterocycles. The minimum Gasteiger partial charge on any atom is -0.507 e. The summed E-state index contributed by atoms with van der Waals surface area (Å²) in [5.41, 5.74) is 2.12. The maximum absolute atomic E-state index is 13.2. The molecule has 0 saturated carbocycles. The van der Waals surface area contributed by atoms with Crippen LogP contribution in [0, 0.1) is 6.92 Å². The van der Waals surface area contributed by atoms with Gasteiger partial charge >= 0.3 is 0 Å². The van der Waals surface area contributed by atoms with Crippen molar-refractivity contribution in [2.75, 3.05) is 13.7 Å². The molecular weight excluding hydrogens is 458 g/mol. The number of ketones is 1. The molecule has 1 aromatic heterocycles. The third-order valence-electron chi connectivity index (χ3n) is 6.28. The number of nitrogens with zero attached hydrogens (tertiary/aromatic N) is 1. The fourth-order valence-corrected chi connectivity index (χ4v) is 4.33. The van der Waals surface area contributed by atoms with Crippen LogP contribution in [0.25, 0.3) is 5.76 Å². The second-order valence-electron chi connectivity index (χ2n) is 8.84. The lowest BCUT2D eigenvalue weighted by Crippen LogP contribution is -2.29. The number of rotatable bonds is 10. The molecule has 0 spiro atoms. The molecule has 4 rings (SSSR count). The highest BCUT2D eigenvalue weighted by Crippen LogP contribution is 2.42. The summed E-state index contributed by atoms with van der Waals surface area (Å²) in [6.45, 7) is 4.70. The highest BCUT2D eigenvalue weighted by Gasteiger charge is 2.46. The quantitative estimate of drug-likeness (QED) is 0.168. The smallest absolute Gasteiger partial charge is 0.296 e. The zero-order valence-corrected chi connectivity index (χ0v) is 20.8. The van der Waals surface area contributed by atoms with Crippen molar-refractivity contribution in [2.45, 2.75) is 45.7 Å². The monoisotopic (exact) mass is 489 g/mol. The Balaban J connectivity index is 1.78. The second kappa shape index (κ2) is 11.2. The Hall–Kier alpha value is -4.00. The third-order valence-corrected chi connectivity index (χ3v) is 6.28. The summed E-state index contributed by atoms with van der Waals surface area (Å²) >= 11 is 0. The number of aliphatic hydroxyl groups excluding tert-OH is 1. The maximum atomic E-state index is 13.2. The molecule has 7 heteroatoms. The van der Waals surface area contributed by atoms with Crippen LogP contribution < -0.4 is 9.47 Å². The number of benzene rings is 2. The van der Waals surface area contributed by atoms with Crippen molar-refractivity contribution in [3.8, 4) is 11.5 Å². The summed E-state index contributed by atoms with van der Waals surface area (Å²) in [4.78, 5) is 27.8. The number of carbonyl (C=O) groups is 2. The average molecular weight is 490 g/mol. The highest BCUT2D eigenvalue weighted by atomic mass is 16.5. The molecule has 36 heavy (non-hydrogen) atoms. The van der Waals surface area contributed by atoms with Gasteiger partial charge in [-0.2, -0.15) is 0 Å². The van der Waals surface area contributed by atoms with E-state index in [4.69, 9.17) is 13.9 Å². The first-order chi connectivity index (χ1) is 17.4. The number of hydrogen-bond donors (Lipinski definition) is 1. The maximum Gasteiger partial charge on any atom is 0.296 e. The Morgan fingerprint density at radius 3 is 2.50 bits per heavy atom. The molecule has 0 bridgehead atoms. The van der Waals surface area contributed by atoms with Crippen LogP contribution in [-0.4, -0.2) is 35.4 Å².